The maximum Gasteiger partial charge on any atom is 0.254 e. The number of ether oxygens (including phenoxy) is 1. The van der Waals surface area contributed by atoms with Gasteiger partial charge in [-0.25, -0.2) is 4.39 Å². The van der Waals surface area contributed by atoms with E-state index < -0.39 is 16.6 Å². The van der Waals surface area contributed by atoms with Crippen molar-refractivity contribution in [1.82, 2.24) is 15.1 Å². The average Bonchev–Trinajstić information content (AvgIpc) is 3.07. The number of aromatic nitrogens is 2. The van der Waals surface area contributed by atoms with Crippen LogP contribution in [0.2, 0.25) is 0 Å². The molecular weight excluding hydrogens is 439 g/mol. The first-order valence-corrected chi connectivity index (χ1v) is 12.1. The Morgan fingerprint density at radius 1 is 1.32 bits per heavy atom. The summed E-state index contributed by atoms with van der Waals surface area (Å²) in [5.41, 5.74) is 7.91. The van der Waals surface area contributed by atoms with Gasteiger partial charge in [0.15, 0.2) is 0 Å². The van der Waals surface area contributed by atoms with E-state index in [1.165, 1.54) is 23.7 Å². The molecule has 1 amide bonds. The Labute approximate surface area is 185 Å². The maximum absolute atomic E-state index is 14.9. The summed E-state index contributed by atoms with van der Waals surface area (Å²) < 4.78 is 32.5. The van der Waals surface area contributed by atoms with E-state index in [4.69, 9.17) is 10.5 Å². The molecule has 1 atom stereocenters. The third-order valence-corrected chi connectivity index (χ3v) is 6.85. The number of hydrogen-bond acceptors (Lipinski definition) is 7. The predicted molar refractivity (Wildman–Crippen MR) is 118 cm³/mol. The molecule has 7 nitrogen and oxygen atoms in total. The number of amides is 1. The van der Waals surface area contributed by atoms with Crippen molar-refractivity contribution in [2.75, 3.05) is 25.1 Å². The van der Waals surface area contributed by atoms with Crippen LogP contribution in [-0.4, -0.2) is 44.6 Å². The number of nitrogens with zero attached hydrogens (tertiary/aromatic N) is 3. The van der Waals surface area contributed by atoms with Crippen LogP contribution in [-0.2, 0) is 23.8 Å². The summed E-state index contributed by atoms with van der Waals surface area (Å²) in [5.74, 6) is -0.168. The topological polar surface area (TPSA) is 98.4 Å². The Morgan fingerprint density at radius 2 is 2.13 bits per heavy atom. The van der Waals surface area contributed by atoms with Crippen LogP contribution in [0.25, 0.3) is 10.6 Å². The number of nitrogens with two attached hydrogens (primary N) is 1. The normalized spacial score (nSPS) is 14.5. The molecule has 1 aromatic heterocycles. The number of fused-ring (bicyclic) bond motifs is 1. The van der Waals surface area contributed by atoms with E-state index in [2.05, 4.69) is 10.2 Å². The molecule has 4 rings (SSSR count). The number of nitrogen functional groups attached to an aromatic ring is 1. The van der Waals surface area contributed by atoms with Gasteiger partial charge >= 0.3 is 0 Å². The zero-order valence-electron chi connectivity index (χ0n) is 17.1. The second-order valence-corrected chi connectivity index (χ2v) is 9.41. The molecule has 0 spiro atoms. The number of benzene rings is 2. The minimum absolute atomic E-state index is 0.110. The standard InChI is InChI=1S/C21H21FN4O3S2/c1-3-14-15(5-7-17(18(14)22)31(2)28)20(27)26-8-9-29-16-6-4-12(10-13(16)11-26)19-24-25-21(23)30-19/h4-7,10H,3,8-9,11H2,1-2H3,(H2,23,25). The van der Waals surface area contributed by atoms with Crippen LogP contribution in [0.5, 0.6) is 5.75 Å². The van der Waals surface area contributed by atoms with Gasteiger partial charge in [-0.05, 0) is 36.8 Å². The van der Waals surface area contributed by atoms with Gasteiger partial charge in [0.05, 0.1) is 22.2 Å². The molecule has 1 aliphatic heterocycles. The average molecular weight is 461 g/mol. The highest BCUT2D eigenvalue weighted by Gasteiger charge is 2.26. The van der Waals surface area contributed by atoms with Gasteiger partial charge in [0.25, 0.3) is 5.91 Å². The molecule has 0 radical (unpaired) electrons. The number of anilines is 1. The largest absolute Gasteiger partial charge is 0.491 e. The molecule has 31 heavy (non-hydrogen) atoms. The van der Waals surface area contributed by atoms with E-state index in [1.54, 1.807) is 17.9 Å². The van der Waals surface area contributed by atoms with E-state index in [0.717, 1.165) is 11.1 Å². The minimum Gasteiger partial charge on any atom is -0.491 e. The van der Waals surface area contributed by atoms with Gasteiger partial charge in [-0.1, -0.05) is 18.3 Å². The number of halogens is 1. The Kier molecular flexibility index (Phi) is 6.01. The maximum atomic E-state index is 14.9. The lowest BCUT2D eigenvalue weighted by Gasteiger charge is -2.22. The van der Waals surface area contributed by atoms with Crippen molar-refractivity contribution >= 4 is 33.2 Å². The summed E-state index contributed by atoms with van der Waals surface area (Å²) in [6, 6.07) is 8.63. The number of rotatable bonds is 4. The molecule has 0 aliphatic carbocycles. The highest BCUT2D eigenvalue weighted by atomic mass is 32.2. The first kappa shape index (κ1) is 21.4. The second kappa shape index (κ2) is 8.72. The summed E-state index contributed by atoms with van der Waals surface area (Å²) in [6.07, 6.45) is 1.74. The van der Waals surface area contributed by atoms with Crippen LogP contribution >= 0.6 is 11.3 Å². The molecule has 1 unspecified atom stereocenters. The van der Waals surface area contributed by atoms with Crippen LogP contribution in [0.4, 0.5) is 9.52 Å². The monoisotopic (exact) mass is 460 g/mol. The molecule has 10 heteroatoms. The van der Waals surface area contributed by atoms with Crippen molar-refractivity contribution in [3.05, 3.63) is 52.8 Å². The lowest BCUT2D eigenvalue weighted by molar-refractivity contribution is 0.0731. The van der Waals surface area contributed by atoms with Gasteiger partial charge in [0.1, 0.15) is 23.2 Å². The van der Waals surface area contributed by atoms with Crippen LogP contribution in [0, 0.1) is 5.82 Å². The summed E-state index contributed by atoms with van der Waals surface area (Å²) in [6.45, 7) is 2.77. The molecule has 1 aliphatic rings. The van der Waals surface area contributed by atoms with Crippen LogP contribution < -0.4 is 10.5 Å². The van der Waals surface area contributed by atoms with Crippen molar-refractivity contribution < 1.29 is 18.1 Å². The Balaban J connectivity index is 1.67. The molecule has 0 saturated carbocycles. The molecule has 3 aromatic rings. The lowest BCUT2D eigenvalue weighted by atomic mass is 10.0. The smallest absolute Gasteiger partial charge is 0.254 e. The summed E-state index contributed by atoms with van der Waals surface area (Å²) in [7, 11) is -1.47. The zero-order chi connectivity index (χ0) is 22.1. The highest BCUT2D eigenvalue weighted by molar-refractivity contribution is 7.84. The number of hydrogen-bond donors (Lipinski definition) is 1. The quantitative estimate of drug-likeness (QED) is 0.642. The van der Waals surface area contributed by atoms with Gasteiger partial charge in [-0.15, -0.1) is 10.2 Å². The molecule has 0 fully saturated rings. The lowest BCUT2D eigenvalue weighted by Crippen LogP contribution is -2.33. The first-order valence-electron chi connectivity index (χ1n) is 9.68. The SMILES string of the molecule is CCc1c(C(=O)N2CCOc3ccc(-c4nnc(N)s4)cc3C2)ccc(S(C)=O)c1F. The van der Waals surface area contributed by atoms with E-state index in [-0.39, 0.29) is 21.9 Å². The van der Waals surface area contributed by atoms with Crippen molar-refractivity contribution in [3.8, 4) is 16.3 Å². The van der Waals surface area contributed by atoms with Gasteiger partial charge < -0.3 is 15.4 Å². The van der Waals surface area contributed by atoms with E-state index in [1.807, 2.05) is 18.2 Å². The van der Waals surface area contributed by atoms with Crippen LogP contribution in [0.15, 0.2) is 35.2 Å². The first-order chi connectivity index (χ1) is 14.9. The van der Waals surface area contributed by atoms with Crippen molar-refractivity contribution in [3.63, 3.8) is 0 Å². The molecular formula is C21H21FN4O3S2. The molecule has 0 bridgehead atoms. The van der Waals surface area contributed by atoms with Crippen molar-refractivity contribution in [2.24, 2.45) is 0 Å². The molecule has 2 N–H and O–H groups in total. The number of carbonyl (C=O) groups excluding carboxylic acids is 1. The van der Waals surface area contributed by atoms with Gasteiger partial charge in [-0.2, -0.15) is 0 Å². The fraction of sp³-hybridized carbons (Fsp3) is 0.286. The molecule has 162 valence electrons. The van der Waals surface area contributed by atoms with Gasteiger partial charge in [0.2, 0.25) is 5.13 Å². The summed E-state index contributed by atoms with van der Waals surface area (Å²) in [5, 5.41) is 8.98. The zero-order valence-corrected chi connectivity index (χ0v) is 18.7. The second-order valence-electron chi connectivity index (χ2n) is 7.05. The fourth-order valence-electron chi connectivity index (χ4n) is 3.59. The van der Waals surface area contributed by atoms with Crippen molar-refractivity contribution in [2.45, 2.75) is 24.8 Å². The molecule has 2 heterocycles. The predicted octanol–water partition coefficient (Wildman–Crippen LogP) is 3.26. The van der Waals surface area contributed by atoms with Crippen molar-refractivity contribution in [1.29, 1.82) is 0 Å². The highest BCUT2D eigenvalue weighted by Crippen LogP contribution is 2.32. The fourth-order valence-corrected chi connectivity index (χ4v) is 4.83. The minimum atomic E-state index is -1.47. The van der Waals surface area contributed by atoms with E-state index in [9.17, 15) is 13.4 Å². The van der Waals surface area contributed by atoms with Gasteiger partial charge in [0, 0.05) is 35.1 Å². The van der Waals surface area contributed by atoms with E-state index in [0.29, 0.717) is 42.0 Å². The van der Waals surface area contributed by atoms with Gasteiger partial charge in [-0.3, -0.25) is 9.00 Å². The molecule has 2 aromatic carbocycles. The Hall–Kier alpha value is -2.85. The molecule has 0 saturated heterocycles. The van der Waals surface area contributed by atoms with Crippen LogP contribution in [0.1, 0.15) is 28.4 Å². The third-order valence-electron chi connectivity index (χ3n) is 5.12. The summed E-state index contributed by atoms with van der Waals surface area (Å²) in [4.78, 5) is 15.1. The van der Waals surface area contributed by atoms with Crippen LogP contribution in [0.3, 0.4) is 0 Å². The number of carbonyl (C=O) groups is 1. The third kappa shape index (κ3) is 4.17. The Morgan fingerprint density at radius 3 is 2.81 bits per heavy atom. The van der Waals surface area contributed by atoms with E-state index >= 15 is 0 Å². The Bertz CT molecular complexity index is 1180. The summed E-state index contributed by atoms with van der Waals surface area (Å²) >= 11 is 1.28.